The van der Waals surface area contributed by atoms with Crippen molar-refractivity contribution in [3.63, 3.8) is 0 Å². The molecular weight excluding hydrogens is 391 g/mol. The van der Waals surface area contributed by atoms with Gasteiger partial charge in [0.05, 0.1) is 5.69 Å². The lowest BCUT2D eigenvalue weighted by Crippen LogP contribution is -2.24. The average molecular weight is 410 g/mol. The number of benzene rings is 2. The minimum Gasteiger partial charge on any atom is -0.322 e. The first-order valence-corrected chi connectivity index (χ1v) is 10.4. The zero-order chi connectivity index (χ0) is 20.4. The van der Waals surface area contributed by atoms with E-state index in [2.05, 4.69) is 10.3 Å². The minimum absolute atomic E-state index is 0.0818. The standard InChI is InChI=1S/C21H19FN4O2S/c1-29-21-23-9-11-25(21)16-5-2-4-14(12-16)20(28)24-15-7-8-18(17(22)13-15)26-10-3-6-19(26)27/h2,4-5,7-9,11-13H,3,6,10H2,1H3,(H,24,28). The lowest BCUT2D eigenvalue weighted by molar-refractivity contribution is -0.117. The Kier molecular flexibility index (Phi) is 5.35. The number of carbonyl (C=O) groups is 2. The molecule has 0 spiro atoms. The SMILES string of the molecule is CSc1nccn1-c1cccc(C(=O)Nc2ccc(N3CCCC3=O)c(F)c2)c1. The van der Waals surface area contributed by atoms with Gasteiger partial charge in [0.15, 0.2) is 5.16 Å². The third kappa shape index (κ3) is 3.88. The van der Waals surface area contributed by atoms with Gasteiger partial charge in [-0.1, -0.05) is 17.8 Å². The predicted molar refractivity (Wildman–Crippen MR) is 111 cm³/mol. The van der Waals surface area contributed by atoms with E-state index in [4.69, 9.17) is 0 Å². The van der Waals surface area contributed by atoms with Crippen LogP contribution in [0.15, 0.2) is 60.0 Å². The third-order valence-corrected chi connectivity index (χ3v) is 5.41. The first-order valence-electron chi connectivity index (χ1n) is 9.16. The molecule has 0 saturated carbocycles. The van der Waals surface area contributed by atoms with Gasteiger partial charge in [-0.25, -0.2) is 9.37 Å². The Bertz CT molecular complexity index is 1080. The van der Waals surface area contributed by atoms with E-state index in [-0.39, 0.29) is 17.5 Å². The van der Waals surface area contributed by atoms with Crippen LogP contribution in [-0.2, 0) is 4.79 Å². The van der Waals surface area contributed by atoms with Gasteiger partial charge in [-0.3, -0.25) is 14.2 Å². The number of anilines is 2. The zero-order valence-electron chi connectivity index (χ0n) is 15.8. The molecule has 1 fully saturated rings. The summed E-state index contributed by atoms with van der Waals surface area (Å²) in [5, 5.41) is 3.53. The van der Waals surface area contributed by atoms with Crippen molar-refractivity contribution in [3.05, 3.63) is 66.2 Å². The largest absolute Gasteiger partial charge is 0.322 e. The fourth-order valence-corrected chi connectivity index (χ4v) is 3.87. The number of aromatic nitrogens is 2. The number of thioether (sulfide) groups is 1. The van der Waals surface area contributed by atoms with Crippen molar-refractivity contribution in [2.75, 3.05) is 23.0 Å². The van der Waals surface area contributed by atoms with E-state index in [0.29, 0.717) is 24.2 Å². The number of carbonyl (C=O) groups excluding carboxylic acids is 2. The van der Waals surface area contributed by atoms with E-state index in [1.807, 2.05) is 23.1 Å². The van der Waals surface area contributed by atoms with E-state index < -0.39 is 5.82 Å². The second kappa shape index (κ2) is 8.08. The molecule has 6 nitrogen and oxygen atoms in total. The summed E-state index contributed by atoms with van der Waals surface area (Å²) in [6, 6.07) is 11.5. The summed E-state index contributed by atoms with van der Waals surface area (Å²) in [6.07, 6.45) is 6.62. The second-order valence-electron chi connectivity index (χ2n) is 6.60. The van der Waals surface area contributed by atoms with Crippen LogP contribution >= 0.6 is 11.8 Å². The second-order valence-corrected chi connectivity index (χ2v) is 7.38. The predicted octanol–water partition coefficient (Wildman–Crippen LogP) is 4.11. The van der Waals surface area contributed by atoms with Gasteiger partial charge in [0.2, 0.25) is 5.91 Å². The van der Waals surface area contributed by atoms with Crippen LogP contribution in [0.5, 0.6) is 0 Å². The molecule has 1 aromatic heterocycles. The maximum atomic E-state index is 14.5. The van der Waals surface area contributed by atoms with Gasteiger partial charge in [0, 0.05) is 42.3 Å². The first kappa shape index (κ1) is 19.2. The van der Waals surface area contributed by atoms with E-state index in [1.165, 1.54) is 28.8 Å². The smallest absolute Gasteiger partial charge is 0.255 e. The summed E-state index contributed by atoms with van der Waals surface area (Å²) in [5.74, 6) is -0.960. The Morgan fingerprint density at radius 2 is 2.10 bits per heavy atom. The molecule has 2 amide bonds. The van der Waals surface area contributed by atoms with Crippen LogP contribution in [0.25, 0.3) is 5.69 Å². The van der Waals surface area contributed by atoms with E-state index >= 15 is 0 Å². The fourth-order valence-electron chi connectivity index (χ4n) is 3.34. The molecule has 0 radical (unpaired) electrons. The van der Waals surface area contributed by atoms with Crippen molar-refractivity contribution < 1.29 is 14.0 Å². The number of hydrogen-bond donors (Lipinski definition) is 1. The molecule has 4 rings (SSSR count). The lowest BCUT2D eigenvalue weighted by Gasteiger charge is -2.17. The number of rotatable bonds is 5. The van der Waals surface area contributed by atoms with E-state index in [0.717, 1.165) is 17.3 Å². The van der Waals surface area contributed by atoms with E-state index in [1.54, 1.807) is 30.5 Å². The lowest BCUT2D eigenvalue weighted by atomic mass is 10.1. The molecular formula is C21H19FN4O2S. The van der Waals surface area contributed by atoms with Crippen molar-refractivity contribution in [2.45, 2.75) is 18.0 Å². The van der Waals surface area contributed by atoms with Crippen LogP contribution in [0.2, 0.25) is 0 Å². The molecule has 0 aliphatic carbocycles. The summed E-state index contributed by atoms with van der Waals surface area (Å²) < 4.78 is 16.4. The molecule has 1 saturated heterocycles. The molecule has 2 heterocycles. The molecule has 0 bridgehead atoms. The first-order chi connectivity index (χ1) is 14.1. The van der Waals surface area contributed by atoms with Gasteiger partial charge in [0.1, 0.15) is 5.82 Å². The highest BCUT2D eigenvalue weighted by Crippen LogP contribution is 2.27. The minimum atomic E-state index is -0.533. The van der Waals surface area contributed by atoms with Gasteiger partial charge in [-0.2, -0.15) is 0 Å². The third-order valence-electron chi connectivity index (χ3n) is 4.75. The molecule has 2 aromatic carbocycles. The van der Waals surface area contributed by atoms with Crippen LogP contribution in [0.4, 0.5) is 15.8 Å². The quantitative estimate of drug-likeness (QED) is 0.643. The Hall–Kier alpha value is -3.13. The van der Waals surface area contributed by atoms with Crippen LogP contribution in [0.3, 0.4) is 0 Å². The molecule has 29 heavy (non-hydrogen) atoms. The van der Waals surface area contributed by atoms with Gasteiger partial charge in [-0.05, 0) is 49.1 Å². The van der Waals surface area contributed by atoms with Crippen molar-refractivity contribution in [3.8, 4) is 5.69 Å². The summed E-state index contributed by atoms with van der Waals surface area (Å²) in [6.45, 7) is 0.514. The van der Waals surface area contributed by atoms with Gasteiger partial charge >= 0.3 is 0 Å². The Morgan fingerprint density at radius 1 is 1.24 bits per heavy atom. The number of hydrogen-bond acceptors (Lipinski definition) is 4. The van der Waals surface area contributed by atoms with E-state index in [9.17, 15) is 14.0 Å². The highest BCUT2D eigenvalue weighted by molar-refractivity contribution is 7.98. The highest BCUT2D eigenvalue weighted by atomic mass is 32.2. The zero-order valence-corrected chi connectivity index (χ0v) is 16.6. The molecule has 3 aromatic rings. The summed E-state index contributed by atoms with van der Waals surface area (Å²) in [5.41, 5.74) is 1.84. The molecule has 1 aliphatic heterocycles. The van der Waals surface area contributed by atoms with Gasteiger partial charge in [0.25, 0.3) is 5.91 Å². The molecule has 0 unspecified atom stereocenters. The Balaban J connectivity index is 1.53. The summed E-state index contributed by atoms with van der Waals surface area (Å²) >= 11 is 1.51. The van der Waals surface area contributed by atoms with Crippen molar-refractivity contribution in [1.82, 2.24) is 9.55 Å². The number of imidazole rings is 1. The molecule has 1 N–H and O–H groups in total. The van der Waals surface area contributed by atoms with Crippen LogP contribution in [-0.4, -0.2) is 34.2 Å². The number of nitrogens with zero attached hydrogens (tertiary/aromatic N) is 3. The molecule has 0 atom stereocenters. The number of amides is 2. The summed E-state index contributed by atoms with van der Waals surface area (Å²) in [7, 11) is 0. The van der Waals surface area contributed by atoms with Crippen LogP contribution < -0.4 is 10.2 Å². The van der Waals surface area contributed by atoms with Gasteiger partial charge in [-0.15, -0.1) is 0 Å². The van der Waals surface area contributed by atoms with Crippen LogP contribution in [0.1, 0.15) is 23.2 Å². The fraction of sp³-hybridized carbons (Fsp3) is 0.190. The highest BCUT2D eigenvalue weighted by Gasteiger charge is 2.24. The number of nitrogens with one attached hydrogen (secondary N) is 1. The molecule has 1 aliphatic rings. The maximum Gasteiger partial charge on any atom is 0.255 e. The van der Waals surface area contributed by atoms with Crippen molar-refractivity contribution >= 4 is 35.0 Å². The topological polar surface area (TPSA) is 67.2 Å². The number of halogens is 1. The Morgan fingerprint density at radius 3 is 2.83 bits per heavy atom. The molecule has 148 valence electrons. The normalized spacial score (nSPS) is 13.7. The summed E-state index contributed by atoms with van der Waals surface area (Å²) in [4.78, 5) is 30.2. The van der Waals surface area contributed by atoms with Crippen LogP contribution in [0, 0.1) is 5.82 Å². The van der Waals surface area contributed by atoms with Gasteiger partial charge < -0.3 is 10.2 Å². The average Bonchev–Trinajstić information content (AvgIpc) is 3.37. The molecule has 8 heteroatoms. The monoisotopic (exact) mass is 410 g/mol. The van der Waals surface area contributed by atoms with Crippen molar-refractivity contribution in [1.29, 1.82) is 0 Å². The maximum absolute atomic E-state index is 14.5. The Labute approximate surface area is 171 Å². The van der Waals surface area contributed by atoms with Crippen molar-refractivity contribution in [2.24, 2.45) is 0 Å².